The topological polar surface area (TPSA) is 90.7 Å². The van der Waals surface area contributed by atoms with Gasteiger partial charge >= 0.3 is 0 Å². The minimum Gasteiger partial charge on any atom is -0.496 e. The molecular formula is C10H11ClN2O4. The van der Waals surface area contributed by atoms with E-state index in [1.54, 1.807) is 0 Å². The third-order valence-electron chi connectivity index (χ3n) is 1.79. The third-order valence-corrected chi connectivity index (χ3v) is 2.02. The molecule has 0 bridgehead atoms. The third kappa shape index (κ3) is 3.93. The highest BCUT2D eigenvalue weighted by Crippen LogP contribution is 2.22. The van der Waals surface area contributed by atoms with E-state index in [4.69, 9.17) is 22.1 Å². The lowest BCUT2D eigenvalue weighted by molar-refractivity contribution is -0.124. The van der Waals surface area contributed by atoms with Crippen LogP contribution in [0.5, 0.6) is 5.75 Å². The molecule has 0 aliphatic carbocycles. The number of benzene rings is 1. The Morgan fingerprint density at radius 1 is 1.47 bits per heavy atom. The molecule has 6 nitrogen and oxygen atoms in total. The van der Waals surface area contributed by atoms with Gasteiger partial charge in [-0.3, -0.25) is 14.4 Å². The first-order valence-corrected chi connectivity index (χ1v) is 4.96. The minimum absolute atomic E-state index is 0.237. The Morgan fingerprint density at radius 3 is 2.76 bits per heavy atom. The molecule has 0 spiro atoms. The average Bonchev–Trinajstić information content (AvgIpc) is 2.28. The van der Waals surface area contributed by atoms with Gasteiger partial charge in [0.05, 0.1) is 12.7 Å². The molecule has 0 atom stereocenters. The van der Waals surface area contributed by atoms with Gasteiger partial charge < -0.3 is 10.5 Å². The van der Waals surface area contributed by atoms with Crippen LogP contribution in [0, 0.1) is 0 Å². The van der Waals surface area contributed by atoms with Crippen molar-refractivity contribution >= 4 is 23.4 Å². The van der Waals surface area contributed by atoms with E-state index in [0.717, 1.165) is 0 Å². The predicted molar refractivity (Wildman–Crippen MR) is 60.6 cm³/mol. The second kappa shape index (κ2) is 6.07. The molecule has 0 aromatic heterocycles. The van der Waals surface area contributed by atoms with Crippen LogP contribution in [0.15, 0.2) is 18.2 Å². The summed E-state index contributed by atoms with van der Waals surface area (Å²) in [4.78, 5) is 26.6. The monoisotopic (exact) mass is 258 g/mol. The lowest BCUT2D eigenvalue weighted by Gasteiger charge is -2.08. The van der Waals surface area contributed by atoms with Gasteiger partial charge in [0.25, 0.3) is 5.91 Å². The molecule has 1 aromatic carbocycles. The lowest BCUT2D eigenvalue weighted by atomic mass is 10.2. The lowest BCUT2D eigenvalue weighted by Crippen LogP contribution is -2.29. The van der Waals surface area contributed by atoms with Gasteiger partial charge in [-0.1, -0.05) is 11.6 Å². The van der Waals surface area contributed by atoms with Crippen molar-refractivity contribution in [1.29, 1.82) is 0 Å². The van der Waals surface area contributed by atoms with Crippen molar-refractivity contribution in [1.82, 2.24) is 5.48 Å². The van der Waals surface area contributed by atoms with E-state index >= 15 is 0 Å². The van der Waals surface area contributed by atoms with Crippen molar-refractivity contribution in [2.24, 2.45) is 5.73 Å². The number of carbonyl (C=O) groups is 2. The molecule has 0 aliphatic heterocycles. The maximum atomic E-state index is 11.6. The maximum Gasteiger partial charge on any atom is 0.278 e. The zero-order chi connectivity index (χ0) is 12.8. The number of hydroxylamine groups is 1. The van der Waals surface area contributed by atoms with Crippen molar-refractivity contribution in [2.75, 3.05) is 13.7 Å². The molecule has 2 amide bonds. The number of hydrogen-bond acceptors (Lipinski definition) is 4. The summed E-state index contributed by atoms with van der Waals surface area (Å²) in [5.41, 5.74) is 7.13. The summed E-state index contributed by atoms with van der Waals surface area (Å²) in [5.74, 6) is -0.939. The van der Waals surface area contributed by atoms with Crippen molar-refractivity contribution in [3.8, 4) is 5.75 Å². The van der Waals surface area contributed by atoms with Gasteiger partial charge in [0.2, 0.25) is 5.91 Å². The van der Waals surface area contributed by atoms with Gasteiger partial charge in [-0.25, -0.2) is 5.48 Å². The highest BCUT2D eigenvalue weighted by atomic mass is 35.5. The van der Waals surface area contributed by atoms with Crippen LogP contribution >= 0.6 is 11.6 Å². The molecule has 1 aromatic rings. The number of nitrogens with two attached hydrogens (primary N) is 1. The van der Waals surface area contributed by atoms with Crippen LogP contribution in [0.25, 0.3) is 0 Å². The van der Waals surface area contributed by atoms with Crippen LogP contribution in [0.4, 0.5) is 0 Å². The first-order chi connectivity index (χ1) is 8.04. The van der Waals surface area contributed by atoms with E-state index < -0.39 is 18.4 Å². The summed E-state index contributed by atoms with van der Waals surface area (Å²) in [5, 5.41) is 0.441. The quantitative estimate of drug-likeness (QED) is 0.752. The Kier molecular flexibility index (Phi) is 4.74. The number of ether oxygens (including phenoxy) is 1. The van der Waals surface area contributed by atoms with E-state index in [1.807, 2.05) is 0 Å². The van der Waals surface area contributed by atoms with Crippen LogP contribution in [0.3, 0.4) is 0 Å². The number of rotatable bonds is 5. The van der Waals surface area contributed by atoms with E-state index in [0.29, 0.717) is 10.8 Å². The van der Waals surface area contributed by atoms with Crippen LogP contribution < -0.4 is 16.0 Å². The average molecular weight is 259 g/mol. The predicted octanol–water partition coefficient (Wildman–Crippen LogP) is 0.495. The van der Waals surface area contributed by atoms with Crippen LogP contribution in [0.2, 0.25) is 5.02 Å². The Balaban J connectivity index is 2.71. The fourth-order valence-electron chi connectivity index (χ4n) is 1.08. The van der Waals surface area contributed by atoms with Crippen molar-refractivity contribution < 1.29 is 19.2 Å². The summed E-state index contributed by atoms with van der Waals surface area (Å²) < 4.78 is 4.98. The molecule has 0 saturated carbocycles. The molecule has 17 heavy (non-hydrogen) atoms. The summed E-state index contributed by atoms with van der Waals surface area (Å²) in [6.45, 7) is -0.401. The molecule has 0 fully saturated rings. The SMILES string of the molecule is COc1cc(Cl)ccc1C(=O)NOCC(N)=O. The molecule has 0 radical (unpaired) electrons. The Labute approximate surface area is 103 Å². The van der Waals surface area contributed by atoms with Gasteiger partial charge in [0.15, 0.2) is 6.61 Å². The van der Waals surface area contributed by atoms with Crippen LogP contribution in [-0.2, 0) is 9.63 Å². The number of primary amides is 1. The Hall–Kier alpha value is -1.79. The maximum absolute atomic E-state index is 11.6. The molecule has 0 heterocycles. The molecule has 0 saturated heterocycles. The molecule has 7 heteroatoms. The van der Waals surface area contributed by atoms with E-state index in [9.17, 15) is 9.59 Å². The van der Waals surface area contributed by atoms with Crippen LogP contribution in [0.1, 0.15) is 10.4 Å². The van der Waals surface area contributed by atoms with Crippen molar-refractivity contribution in [3.63, 3.8) is 0 Å². The summed E-state index contributed by atoms with van der Waals surface area (Å²) in [7, 11) is 1.41. The van der Waals surface area contributed by atoms with Crippen molar-refractivity contribution in [3.05, 3.63) is 28.8 Å². The fourth-order valence-corrected chi connectivity index (χ4v) is 1.24. The van der Waals surface area contributed by atoms with E-state index in [1.165, 1.54) is 25.3 Å². The first kappa shape index (κ1) is 13.3. The minimum atomic E-state index is -0.687. The molecule has 0 unspecified atom stereocenters. The zero-order valence-corrected chi connectivity index (χ0v) is 9.78. The van der Waals surface area contributed by atoms with Gasteiger partial charge in [-0.2, -0.15) is 0 Å². The number of hydrogen-bond donors (Lipinski definition) is 2. The van der Waals surface area contributed by atoms with Crippen molar-refractivity contribution in [2.45, 2.75) is 0 Å². The summed E-state index contributed by atoms with van der Waals surface area (Å²) in [6.07, 6.45) is 0. The van der Waals surface area contributed by atoms with E-state index in [-0.39, 0.29) is 5.56 Å². The van der Waals surface area contributed by atoms with E-state index in [2.05, 4.69) is 10.3 Å². The van der Waals surface area contributed by atoms with Gasteiger partial charge in [0.1, 0.15) is 5.75 Å². The second-order valence-electron chi connectivity index (χ2n) is 3.03. The second-order valence-corrected chi connectivity index (χ2v) is 3.47. The number of amides is 2. The van der Waals surface area contributed by atoms with Gasteiger partial charge in [-0.05, 0) is 18.2 Å². The molecule has 1 rings (SSSR count). The Bertz CT molecular complexity index is 436. The largest absolute Gasteiger partial charge is 0.496 e. The van der Waals surface area contributed by atoms with Gasteiger partial charge in [-0.15, -0.1) is 0 Å². The number of carbonyl (C=O) groups excluding carboxylic acids is 2. The molecule has 0 aliphatic rings. The number of nitrogens with one attached hydrogen (secondary N) is 1. The number of halogens is 1. The fraction of sp³-hybridized carbons (Fsp3) is 0.200. The standard InChI is InChI=1S/C10H11ClN2O4/c1-16-8-4-6(11)2-3-7(8)10(15)13-17-5-9(12)14/h2-4H,5H2,1H3,(H2,12,14)(H,13,15). The molecule has 3 N–H and O–H groups in total. The zero-order valence-electron chi connectivity index (χ0n) is 9.03. The highest BCUT2D eigenvalue weighted by Gasteiger charge is 2.12. The molecule has 92 valence electrons. The molecular weight excluding hydrogens is 248 g/mol. The summed E-state index contributed by atoms with van der Waals surface area (Å²) in [6, 6.07) is 4.50. The highest BCUT2D eigenvalue weighted by molar-refractivity contribution is 6.30. The summed E-state index contributed by atoms with van der Waals surface area (Å²) >= 11 is 5.74. The normalized spacial score (nSPS) is 9.76. The Morgan fingerprint density at radius 2 is 2.18 bits per heavy atom. The smallest absolute Gasteiger partial charge is 0.278 e. The first-order valence-electron chi connectivity index (χ1n) is 4.58. The van der Waals surface area contributed by atoms with Gasteiger partial charge in [0, 0.05) is 5.02 Å². The number of methoxy groups -OCH3 is 1. The van der Waals surface area contributed by atoms with Crippen LogP contribution in [-0.4, -0.2) is 25.5 Å².